The van der Waals surface area contributed by atoms with Crippen LogP contribution in [0.3, 0.4) is 0 Å². The Morgan fingerprint density at radius 2 is 1.88 bits per heavy atom. The van der Waals surface area contributed by atoms with Gasteiger partial charge in [0, 0.05) is 0 Å². The van der Waals surface area contributed by atoms with E-state index in [4.69, 9.17) is 5.11 Å². The third-order valence-electron chi connectivity index (χ3n) is 2.90. The molecule has 0 saturated heterocycles. The highest BCUT2D eigenvalue weighted by atomic mass is 16.4. The van der Waals surface area contributed by atoms with Crippen molar-refractivity contribution in [2.24, 2.45) is 5.92 Å². The summed E-state index contributed by atoms with van der Waals surface area (Å²) in [6, 6.07) is 9.38. The summed E-state index contributed by atoms with van der Waals surface area (Å²) < 4.78 is 0. The Labute approximate surface area is 94.0 Å². The minimum atomic E-state index is -0.818. The molecule has 0 heterocycles. The first-order valence-corrected chi connectivity index (χ1v) is 5.36. The molecule has 0 fully saturated rings. The third kappa shape index (κ3) is 2.14. The normalized spacial score (nSPS) is 24.9. The number of aliphatic hydroxyl groups excluding tert-OH is 1. The van der Waals surface area contributed by atoms with E-state index < -0.39 is 18.0 Å². The molecule has 2 atom stereocenters. The highest BCUT2D eigenvalue weighted by Crippen LogP contribution is 2.32. The predicted octanol–water partition coefficient (Wildman–Crippen LogP) is 1.93. The Kier molecular flexibility index (Phi) is 3.06. The lowest BCUT2D eigenvalue weighted by Crippen LogP contribution is -2.23. The molecule has 2 rings (SSSR count). The van der Waals surface area contributed by atoms with E-state index in [1.54, 1.807) is 6.08 Å². The van der Waals surface area contributed by atoms with E-state index in [2.05, 4.69) is 0 Å². The lowest BCUT2D eigenvalue weighted by Gasteiger charge is -2.23. The fraction of sp³-hybridized carbons (Fsp3) is 0.308. The van der Waals surface area contributed by atoms with Crippen LogP contribution >= 0.6 is 0 Å². The number of hydrogen-bond acceptors (Lipinski definition) is 2. The van der Waals surface area contributed by atoms with Gasteiger partial charge in [-0.2, -0.15) is 0 Å². The largest absolute Gasteiger partial charge is 0.481 e. The molecular formula is C13H14O3. The molecule has 3 heteroatoms. The second-order valence-corrected chi connectivity index (χ2v) is 4.02. The standard InChI is InChI=1S/C13H14O3/c14-10-6-7-11(13(15)16)12(8-10)9-4-2-1-3-5-9/h1-5,8,10-11,14H,6-7H2,(H,15,16). The maximum atomic E-state index is 11.1. The van der Waals surface area contributed by atoms with Crippen LogP contribution in [0.5, 0.6) is 0 Å². The molecule has 84 valence electrons. The molecule has 2 N–H and O–H groups in total. The monoisotopic (exact) mass is 218 g/mol. The topological polar surface area (TPSA) is 57.5 Å². The van der Waals surface area contributed by atoms with Crippen molar-refractivity contribution in [2.75, 3.05) is 0 Å². The van der Waals surface area contributed by atoms with Gasteiger partial charge in [0.1, 0.15) is 0 Å². The van der Waals surface area contributed by atoms with Gasteiger partial charge in [-0.3, -0.25) is 4.79 Å². The van der Waals surface area contributed by atoms with Crippen molar-refractivity contribution in [1.82, 2.24) is 0 Å². The van der Waals surface area contributed by atoms with Crippen LogP contribution in [0.2, 0.25) is 0 Å². The first-order chi connectivity index (χ1) is 7.68. The van der Waals surface area contributed by atoms with E-state index in [1.807, 2.05) is 30.3 Å². The molecule has 0 amide bonds. The zero-order valence-corrected chi connectivity index (χ0v) is 8.84. The molecule has 1 aromatic carbocycles. The highest BCUT2D eigenvalue weighted by Gasteiger charge is 2.28. The van der Waals surface area contributed by atoms with Gasteiger partial charge in [0.05, 0.1) is 12.0 Å². The first-order valence-electron chi connectivity index (χ1n) is 5.36. The Hall–Kier alpha value is -1.61. The summed E-state index contributed by atoms with van der Waals surface area (Å²) in [4.78, 5) is 11.1. The van der Waals surface area contributed by atoms with E-state index in [0.717, 1.165) is 11.1 Å². The zero-order valence-electron chi connectivity index (χ0n) is 8.84. The van der Waals surface area contributed by atoms with Gasteiger partial charge in [-0.25, -0.2) is 0 Å². The van der Waals surface area contributed by atoms with Crippen molar-refractivity contribution in [3.05, 3.63) is 42.0 Å². The molecule has 16 heavy (non-hydrogen) atoms. The van der Waals surface area contributed by atoms with Crippen LogP contribution in [-0.4, -0.2) is 22.3 Å². The van der Waals surface area contributed by atoms with Crippen molar-refractivity contribution in [1.29, 1.82) is 0 Å². The molecule has 0 saturated carbocycles. The SMILES string of the molecule is O=C(O)C1CCC(O)C=C1c1ccccc1. The summed E-state index contributed by atoms with van der Waals surface area (Å²) in [5.74, 6) is -1.31. The van der Waals surface area contributed by atoms with Crippen molar-refractivity contribution in [3.63, 3.8) is 0 Å². The second-order valence-electron chi connectivity index (χ2n) is 4.02. The third-order valence-corrected chi connectivity index (χ3v) is 2.90. The van der Waals surface area contributed by atoms with Crippen molar-refractivity contribution >= 4 is 11.5 Å². The molecule has 0 spiro atoms. The van der Waals surface area contributed by atoms with Crippen LogP contribution in [0.15, 0.2) is 36.4 Å². The fourth-order valence-electron chi connectivity index (χ4n) is 2.08. The average Bonchev–Trinajstić information content (AvgIpc) is 2.29. The highest BCUT2D eigenvalue weighted by molar-refractivity contribution is 5.88. The van der Waals surface area contributed by atoms with Crippen LogP contribution in [0.4, 0.5) is 0 Å². The number of aliphatic hydroxyl groups is 1. The minimum absolute atomic E-state index is 0.495. The predicted molar refractivity (Wildman–Crippen MR) is 60.8 cm³/mol. The molecule has 0 radical (unpaired) electrons. The summed E-state index contributed by atoms with van der Waals surface area (Å²) in [6.07, 6.45) is 2.16. The van der Waals surface area contributed by atoms with E-state index in [9.17, 15) is 9.90 Å². The van der Waals surface area contributed by atoms with Gasteiger partial charge in [-0.05, 0) is 24.0 Å². The average molecular weight is 218 g/mol. The van der Waals surface area contributed by atoms with Gasteiger partial charge >= 0.3 is 5.97 Å². The van der Waals surface area contributed by atoms with E-state index in [1.165, 1.54) is 0 Å². The van der Waals surface area contributed by atoms with Gasteiger partial charge < -0.3 is 10.2 Å². The van der Waals surface area contributed by atoms with Crippen molar-refractivity contribution < 1.29 is 15.0 Å². The Balaban J connectivity index is 2.38. The lowest BCUT2D eigenvalue weighted by molar-refractivity contribution is -0.140. The molecule has 0 aromatic heterocycles. The maximum Gasteiger partial charge on any atom is 0.310 e. The van der Waals surface area contributed by atoms with Gasteiger partial charge in [0.2, 0.25) is 0 Å². The number of carboxylic acids is 1. The maximum absolute atomic E-state index is 11.1. The molecule has 0 bridgehead atoms. The molecule has 1 aromatic rings. The molecule has 1 aliphatic rings. The Morgan fingerprint density at radius 1 is 1.19 bits per heavy atom. The molecule has 2 unspecified atom stereocenters. The summed E-state index contributed by atoms with van der Waals surface area (Å²) >= 11 is 0. The summed E-state index contributed by atoms with van der Waals surface area (Å²) in [7, 11) is 0. The summed E-state index contributed by atoms with van der Waals surface area (Å²) in [6.45, 7) is 0. The molecular weight excluding hydrogens is 204 g/mol. The van der Waals surface area contributed by atoms with Gasteiger partial charge in [0.25, 0.3) is 0 Å². The number of aliphatic carboxylic acids is 1. The number of carboxylic acid groups (broad SMARTS) is 1. The van der Waals surface area contributed by atoms with Crippen LogP contribution < -0.4 is 0 Å². The Morgan fingerprint density at radius 3 is 2.50 bits per heavy atom. The fourth-order valence-corrected chi connectivity index (χ4v) is 2.08. The zero-order chi connectivity index (χ0) is 11.5. The molecule has 0 aliphatic heterocycles. The van der Waals surface area contributed by atoms with Gasteiger partial charge in [-0.15, -0.1) is 0 Å². The van der Waals surface area contributed by atoms with Crippen molar-refractivity contribution in [3.8, 4) is 0 Å². The molecule has 3 nitrogen and oxygen atoms in total. The molecule has 1 aliphatic carbocycles. The quantitative estimate of drug-likeness (QED) is 0.797. The second kappa shape index (κ2) is 4.49. The van der Waals surface area contributed by atoms with Gasteiger partial charge in [-0.1, -0.05) is 36.4 Å². The number of hydrogen-bond donors (Lipinski definition) is 2. The number of rotatable bonds is 2. The van der Waals surface area contributed by atoms with Crippen LogP contribution in [0, 0.1) is 5.92 Å². The minimum Gasteiger partial charge on any atom is -0.481 e. The van der Waals surface area contributed by atoms with E-state index >= 15 is 0 Å². The van der Waals surface area contributed by atoms with Crippen LogP contribution in [0.1, 0.15) is 18.4 Å². The smallest absolute Gasteiger partial charge is 0.310 e. The van der Waals surface area contributed by atoms with E-state index in [-0.39, 0.29) is 0 Å². The summed E-state index contributed by atoms with van der Waals surface area (Å²) in [5, 5.41) is 18.7. The van der Waals surface area contributed by atoms with Crippen LogP contribution in [-0.2, 0) is 4.79 Å². The summed E-state index contributed by atoms with van der Waals surface area (Å²) in [5.41, 5.74) is 1.61. The first kappa shape index (κ1) is 10.9. The number of carbonyl (C=O) groups is 1. The lowest BCUT2D eigenvalue weighted by atomic mass is 9.83. The van der Waals surface area contributed by atoms with Crippen molar-refractivity contribution in [2.45, 2.75) is 18.9 Å². The van der Waals surface area contributed by atoms with E-state index in [0.29, 0.717) is 12.8 Å². The Bertz CT molecular complexity index is 408. The number of benzene rings is 1. The van der Waals surface area contributed by atoms with Gasteiger partial charge in [0.15, 0.2) is 0 Å². The van der Waals surface area contributed by atoms with Crippen LogP contribution in [0.25, 0.3) is 5.57 Å².